The minimum absolute atomic E-state index is 0.393. The molecule has 0 aromatic heterocycles. The van der Waals surface area contributed by atoms with Crippen LogP contribution in [0.25, 0.3) is 0 Å². The Morgan fingerprint density at radius 3 is 2.29 bits per heavy atom. The van der Waals surface area contributed by atoms with Crippen LogP contribution in [0.4, 0.5) is 0 Å². The van der Waals surface area contributed by atoms with Crippen LogP contribution in [0.5, 0.6) is 11.5 Å². The van der Waals surface area contributed by atoms with E-state index in [4.69, 9.17) is 27.9 Å². The molecule has 2 aromatic carbocycles. The second-order valence-corrected chi connectivity index (χ2v) is 4.21. The molecule has 4 heteroatoms. The Morgan fingerprint density at radius 2 is 1.71 bits per heavy atom. The van der Waals surface area contributed by atoms with E-state index in [1.54, 1.807) is 42.5 Å². The fourth-order valence-corrected chi connectivity index (χ4v) is 1.66. The van der Waals surface area contributed by atoms with Gasteiger partial charge in [-0.15, -0.1) is 0 Å². The lowest BCUT2D eigenvalue weighted by molar-refractivity contribution is 0.112. The zero-order valence-electron chi connectivity index (χ0n) is 8.69. The Balaban J connectivity index is 2.24. The van der Waals surface area contributed by atoms with E-state index in [0.29, 0.717) is 27.1 Å². The third-order valence-corrected chi connectivity index (χ3v) is 2.68. The monoisotopic (exact) mass is 266 g/mol. The van der Waals surface area contributed by atoms with Gasteiger partial charge in [-0.25, -0.2) is 0 Å². The number of benzene rings is 2. The van der Waals surface area contributed by atoms with Gasteiger partial charge in [0.25, 0.3) is 0 Å². The number of hydrogen-bond acceptors (Lipinski definition) is 2. The van der Waals surface area contributed by atoms with Crippen molar-refractivity contribution >= 4 is 29.5 Å². The Kier molecular flexibility index (Phi) is 3.67. The summed E-state index contributed by atoms with van der Waals surface area (Å²) in [7, 11) is 0. The van der Waals surface area contributed by atoms with Crippen molar-refractivity contribution in [2.24, 2.45) is 0 Å². The van der Waals surface area contributed by atoms with Crippen molar-refractivity contribution in [3.8, 4) is 11.5 Å². The first-order valence-electron chi connectivity index (χ1n) is 4.87. The van der Waals surface area contributed by atoms with Crippen LogP contribution in [0.1, 0.15) is 10.4 Å². The Bertz CT molecular complexity index is 536. The van der Waals surface area contributed by atoms with Crippen molar-refractivity contribution in [1.29, 1.82) is 0 Å². The topological polar surface area (TPSA) is 26.3 Å². The SMILES string of the molecule is O=Cc1ccc(Oc2ccc(Cl)cc2)c(Cl)c1. The molecule has 0 heterocycles. The van der Waals surface area contributed by atoms with Gasteiger partial charge in [-0.2, -0.15) is 0 Å². The number of rotatable bonds is 3. The van der Waals surface area contributed by atoms with E-state index >= 15 is 0 Å². The predicted molar refractivity (Wildman–Crippen MR) is 68.4 cm³/mol. The molecule has 2 rings (SSSR count). The largest absolute Gasteiger partial charge is 0.456 e. The molecule has 0 fully saturated rings. The van der Waals surface area contributed by atoms with E-state index in [1.165, 1.54) is 0 Å². The summed E-state index contributed by atoms with van der Waals surface area (Å²) in [4.78, 5) is 10.6. The predicted octanol–water partition coefficient (Wildman–Crippen LogP) is 4.60. The molecule has 0 radical (unpaired) electrons. The molecule has 0 aliphatic rings. The number of aldehydes is 1. The maximum atomic E-state index is 10.6. The number of halogens is 2. The van der Waals surface area contributed by atoms with Crippen LogP contribution in [0, 0.1) is 0 Å². The Labute approximate surface area is 109 Å². The maximum absolute atomic E-state index is 10.6. The molecule has 2 aromatic rings. The van der Waals surface area contributed by atoms with Crippen molar-refractivity contribution in [1.82, 2.24) is 0 Å². The van der Waals surface area contributed by atoms with Crippen LogP contribution >= 0.6 is 23.2 Å². The lowest BCUT2D eigenvalue weighted by atomic mass is 10.2. The summed E-state index contributed by atoms with van der Waals surface area (Å²) < 4.78 is 5.56. The van der Waals surface area contributed by atoms with Crippen LogP contribution in [-0.4, -0.2) is 6.29 Å². The average Bonchev–Trinajstić information content (AvgIpc) is 2.34. The highest BCUT2D eigenvalue weighted by molar-refractivity contribution is 6.32. The normalized spacial score (nSPS) is 10.0. The van der Waals surface area contributed by atoms with Crippen LogP contribution in [-0.2, 0) is 0 Å². The van der Waals surface area contributed by atoms with Crippen LogP contribution < -0.4 is 4.74 Å². The molecule has 0 saturated heterocycles. The van der Waals surface area contributed by atoms with Crippen LogP contribution in [0.2, 0.25) is 10.0 Å². The molecule has 0 saturated carbocycles. The molecule has 0 aliphatic heterocycles. The van der Waals surface area contributed by atoms with Gasteiger partial charge < -0.3 is 4.74 Å². The summed E-state index contributed by atoms with van der Waals surface area (Å²) >= 11 is 11.7. The third kappa shape index (κ3) is 2.99. The van der Waals surface area contributed by atoms with Crippen molar-refractivity contribution in [3.63, 3.8) is 0 Å². The van der Waals surface area contributed by atoms with Gasteiger partial charge in [0.05, 0.1) is 5.02 Å². The number of ether oxygens (including phenoxy) is 1. The van der Waals surface area contributed by atoms with E-state index in [9.17, 15) is 4.79 Å². The van der Waals surface area contributed by atoms with E-state index in [0.717, 1.165) is 6.29 Å². The lowest BCUT2D eigenvalue weighted by Crippen LogP contribution is -1.87. The standard InChI is InChI=1S/C13H8Cl2O2/c14-10-2-4-11(5-3-10)17-13-6-1-9(8-16)7-12(13)15/h1-8H. The van der Waals surface area contributed by atoms with Gasteiger partial charge in [0.1, 0.15) is 17.8 Å². The fraction of sp³-hybridized carbons (Fsp3) is 0. The minimum Gasteiger partial charge on any atom is -0.456 e. The average molecular weight is 267 g/mol. The summed E-state index contributed by atoms with van der Waals surface area (Å²) in [6.07, 6.45) is 0.734. The van der Waals surface area contributed by atoms with E-state index in [1.807, 2.05) is 0 Å². The first kappa shape index (κ1) is 12.0. The highest BCUT2D eigenvalue weighted by atomic mass is 35.5. The first-order chi connectivity index (χ1) is 8.19. The third-order valence-electron chi connectivity index (χ3n) is 2.13. The Morgan fingerprint density at radius 1 is 1.00 bits per heavy atom. The van der Waals surface area contributed by atoms with Gasteiger partial charge in [-0.3, -0.25) is 4.79 Å². The molecule has 0 N–H and O–H groups in total. The summed E-state index contributed by atoms with van der Waals surface area (Å²) in [5, 5.41) is 1.03. The van der Waals surface area contributed by atoms with Crippen molar-refractivity contribution < 1.29 is 9.53 Å². The molecule has 0 spiro atoms. The summed E-state index contributed by atoms with van der Waals surface area (Å²) in [6.45, 7) is 0. The van der Waals surface area contributed by atoms with Gasteiger partial charge in [0.2, 0.25) is 0 Å². The minimum atomic E-state index is 0.393. The fourth-order valence-electron chi connectivity index (χ4n) is 1.30. The van der Waals surface area contributed by atoms with Crippen molar-refractivity contribution in [3.05, 3.63) is 58.1 Å². The molecule has 86 valence electrons. The molecule has 0 amide bonds. The lowest BCUT2D eigenvalue weighted by Gasteiger charge is -2.07. The van der Waals surface area contributed by atoms with Crippen molar-refractivity contribution in [2.45, 2.75) is 0 Å². The zero-order chi connectivity index (χ0) is 12.3. The molecule has 17 heavy (non-hydrogen) atoms. The van der Waals surface area contributed by atoms with Crippen LogP contribution in [0.3, 0.4) is 0 Å². The van der Waals surface area contributed by atoms with E-state index in [-0.39, 0.29) is 0 Å². The molecular weight excluding hydrogens is 259 g/mol. The highest BCUT2D eigenvalue weighted by Gasteiger charge is 2.04. The van der Waals surface area contributed by atoms with Gasteiger partial charge in [-0.1, -0.05) is 23.2 Å². The zero-order valence-corrected chi connectivity index (χ0v) is 10.2. The van der Waals surface area contributed by atoms with Gasteiger partial charge in [0.15, 0.2) is 0 Å². The first-order valence-corrected chi connectivity index (χ1v) is 5.63. The summed E-state index contributed by atoms with van der Waals surface area (Å²) in [6, 6.07) is 11.8. The highest BCUT2D eigenvalue weighted by Crippen LogP contribution is 2.30. The van der Waals surface area contributed by atoms with Gasteiger partial charge in [0, 0.05) is 10.6 Å². The number of hydrogen-bond donors (Lipinski definition) is 0. The molecule has 2 nitrogen and oxygen atoms in total. The molecule has 0 atom stereocenters. The summed E-state index contributed by atoms with van der Waals surface area (Å²) in [5.74, 6) is 1.13. The Hall–Kier alpha value is -1.51. The van der Waals surface area contributed by atoms with E-state index in [2.05, 4.69) is 0 Å². The quantitative estimate of drug-likeness (QED) is 0.760. The van der Waals surface area contributed by atoms with E-state index < -0.39 is 0 Å². The van der Waals surface area contributed by atoms with Crippen LogP contribution in [0.15, 0.2) is 42.5 Å². The molecule has 0 aliphatic carbocycles. The number of carbonyl (C=O) groups excluding carboxylic acids is 1. The molecular formula is C13H8Cl2O2. The molecule has 0 unspecified atom stereocenters. The second kappa shape index (κ2) is 5.21. The number of carbonyl (C=O) groups is 1. The molecule has 0 bridgehead atoms. The smallest absolute Gasteiger partial charge is 0.150 e. The van der Waals surface area contributed by atoms with Gasteiger partial charge >= 0.3 is 0 Å². The second-order valence-electron chi connectivity index (χ2n) is 3.36. The van der Waals surface area contributed by atoms with Gasteiger partial charge in [-0.05, 0) is 42.5 Å². The van der Waals surface area contributed by atoms with Crippen molar-refractivity contribution in [2.75, 3.05) is 0 Å². The maximum Gasteiger partial charge on any atom is 0.150 e. The summed E-state index contributed by atoms with van der Waals surface area (Å²) in [5.41, 5.74) is 0.512.